The Balaban J connectivity index is 2.21. The van der Waals surface area contributed by atoms with E-state index in [-0.39, 0.29) is 5.78 Å². The molecule has 0 saturated heterocycles. The number of thiophene rings is 1. The molecular formula is C13H13NOS. The largest absolute Gasteiger partial charge is 0.292 e. The van der Waals surface area contributed by atoms with Crippen molar-refractivity contribution in [2.24, 2.45) is 0 Å². The summed E-state index contributed by atoms with van der Waals surface area (Å²) in [7, 11) is 0. The van der Waals surface area contributed by atoms with Crippen molar-refractivity contribution in [3.63, 3.8) is 0 Å². The van der Waals surface area contributed by atoms with Crippen molar-refractivity contribution >= 4 is 17.1 Å². The third-order valence-electron chi connectivity index (χ3n) is 2.48. The van der Waals surface area contributed by atoms with Gasteiger partial charge in [0.2, 0.25) is 0 Å². The average Bonchev–Trinajstić information content (AvgIpc) is 2.81. The van der Waals surface area contributed by atoms with E-state index in [2.05, 4.69) is 4.98 Å². The van der Waals surface area contributed by atoms with Gasteiger partial charge in [0.1, 0.15) is 5.69 Å². The van der Waals surface area contributed by atoms with E-state index in [0.717, 1.165) is 17.5 Å². The monoisotopic (exact) mass is 231 g/mol. The molecule has 0 atom stereocenters. The molecule has 0 spiro atoms. The summed E-state index contributed by atoms with van der Waals surface area (Å²) in [5.74, 6) is 0.107. The molecule has 0 aliphatic rings. The Kier molecular flexibility index (Phi) is 3.47. The maximum absolute atomic E-state index is 12.0. The molecule has 0 N–H and O–H groups in total. The molecule has 0 aromatic carbocycles. The van der Waals surface area contributed by atoms with Crippen molar-refractivity contribution in [3.05, 3.63) is 52.0 Å². The molecule has 0 radical (unpaired) electrons. The second-order valence-corrected chi connectivity index (χ2v) is 4.38. The number of hydrogen-bond acceptors (Lipinski definition) is 3. The Labute approximate surface area is 99.0 Å². The number of carbonyl (C=O) groups excluding carboxylic acids is 1. The fourth-order valence-corrected chi connectivity index (χ4v) is 2.31. The first-order valence-corrected chi connectivity index (χ1v) is 6.23. The maximum atomic E-state index is 12.0. The van der Waals surface area contributed by atoms with Gasteiger partial charge in [-0.15, -0.1) is 0 Å². The number of Topliss-reactive ketones (excluding diaryl/α,β-unsaturated/α-hetero) is 1. The van der Waals surface area contributed by atoms with Crippen LogP contribution in [0.1, 0.15) is 28.5 Å². The lowest BCUT2D eigenvalue weighted by Gasteiger charge is -2.04. The zero-order valence-electron chi connectivity index (χ0n) is 9.14. The second-order valence-electron chi connectivity index (χ2n) is 3.60. The van der Waals surface area contributed by atoms with Gasteiger partial charge >= 0.3 is 0 Å². The van der Waals surface area contributed by atoms with Crippen molar-refractivity contribution < 1.29 is 4.79 Å². The first-order chi connectivity index (χ1) is 7.81. The van der Waals surface area contributed by atoms with Gasteiger partial charge in [-0.1, -0.05) is 13.0 Å². The van der Waals surface area contributed by atoms with E-state index in [9.17, 15) is 4.79 Å². The van der Waals surface area contributed by atoms with Gasteiger partial charge in [0.05, 0.1) is 0 Å². The number of hydrogen-bond donors (Lipinski definition) is 0. The highest BCUT2D eigenvalue weighted by Gasteiger charge is 2.12. The highest BCUT2D eigenvalue weighted by atomic mass is 32.1. The van der Waals surface area contributed by atoms with E-state index in [4.69, 9.17) is 0 Å². The number of rotatable bonds is 4. The Morgan fingerprint density at radius 3 is 3.00 bits per heavy atom. The van der Waals surface area contributed by atoms with Gasteiger partial charge in [0.25, 0.3) is 0 Å². The van der Waals surface area contributed by atoms with E-state index in [1.165, 1.54) is 0 Å². The van der Waals surface area contributed by atoms with E-state index >= 15 is 0 Å². The molecule has 2 heterocycles. The minimum Gasteiger partial charge on any atom is -0.292 e. The fraction of sp³-hybridized carbons (Fsp3) is 0.231. The van der Waals surface area contributed by atoms with Crippen LogP contribution < -0.4 is 0 Å². The Hall–Kier alpha value is -1.48. The fourth-order valence-electron chi connectivity index (χ4n) is 1.64. The van der Waals surface area contributed by atoms with Crippen molar-refractivity contribution in [2.45, 2.75) is 19.8 Å². The molecule has 2 nitrogen and oxygen atoms in total. The zero-order valence-corrected chi connectivity index (χ0v) is 9.96. The van der Waals surface area contributed by atoms with E-state index in [1.54, 1.807) is 17.5 Å². The quantitative estimate of drug-likeness (QED) is 0.757. The molecule has 3 heteroatoms. The molecule has 16 heavy (non-hydrogen) atoms. The molecule has 0 aliphatic carbocycles. The summed E-state index contributed by atoms with van der Waals surface area (Å²) in [6.45, 7) is 2.04. The van der Waals surface area contributed by atoms with Gasteiger partial charge in [0, 0.05) is 12.6 Å². The summed E-state index contributed by atoms with van der Waals surface area (Å²) >= 11 is 1.61. The first kappa shape index (κ1) is 11.0. The highest BCUT2D eigenvalue weighted by molar-refractivity contribution is 7.08. The van der Waals surface area contributed by atoms with Crippen LogP contribution in [0.3, 0.4) is 0 Å². The predicted octanol–water partition coefficient (Wildman–Crippen LogP) is 3.13. The zero-order chi connectivity index (χ0) is 11.4. The van der Waals surface area contributed by atoms with Crippen LogP contribution in [-0.4, -0.2) is 10.8 Å². The number of aromatic nitrogens is 1. The minimum atomic E-state index is 0.107. The molecule has 0 bridgehead atoms. The van der Waals surface area contributed by atoms with Crippen LogP contribution >= 0.6 is 11.3 Å². The average molecular weight is 231 g/mol. The smallest absolute Gasteiger partial charge is 0.185 e. The Morgan fingerprint density at radius 2 is 2.31 bits per heavy atom. The van der Waals surface area contributed by atoms with Gasteiger partial charge in [-0.25, -0.2) is 0 Å². The number of pyridine rings is 1. The van der Waals surface area contributed by atoms with Crippen LogP contribution in [-0.2, 0) is 12.8 Å². The molecule has 2 aromatic rings. The standard InChI is InChI=1S/C13H13NOS/c1-2-11-4-3-6-14-13(11)12(15)8-10-5-7-16-9-10/h3-7,9H,2,8H2,1H3. The van der Waals surface area contributed by atoms with Crippen LogP contribution in [0.25, 0.3) is 0 Å². The second kappa shape index (κ2) is 5.03. The summed E-state index contributed by atoms with van der Waals surface area (Å²) in [6, 6.07) is 5.82. The molecule has 2 rings (SSSR count). The third kappa shape index (κ3) is 2.36. The maximum Gasteiger partial charge on any atom is 0.185 e. The predicted molar refractivity (Wildman–Crippen MR) is 66.0 cm³/mol. The Morgan fingerprint density at radius 1 is 1.44 bits per heavy atom. The summed E-state index contributed by atoms with van der Waals surface area (Å²) in [4.78, 5) is 16.2. The van der Waals surface area contributed by atoms with Crippen LogP contribution in [0.4, 0.5) is 0 Å². The van der Waals surface area contributed by atoms with Gasteiger partial charge in [-0.2, -0.15) is 11.3 Å². The van der Waals surface area contributed by atoms with Gasteiger partial charge < -0.3 is 0 Å². The van der Waals surface area contributed by atoms with Gasteiger partial charge in [-0.3, -0.25) is 9.78 Å². The van der Waals surface area contributed by atoms with E-state index in [1.807, 2.05) is 35.9 Å². The molecule has 82 valence electrons. The van der Waals surface area contributed by atoms with Crippen LogP contribution in [0, 0.1) is 0 Å². The molecule has 2 aromatic heterocycles. The lowest BCUT2D eigenvalue weighted by molar-refractivity contribution is 0.0987. The SMILES string of the molecule is CCc1cccnc1C(=O)Cc1ccsc1. The van der Waals surface area contributed by atoms with Crippen LogP contribution in [0.15, 0.2) is 35.2 Å². The van der Waals surface area contributed by atoms with Crippen molar-refractivity contribution in [2.75, 3.05) is 0 Å². The summed E-state index contributed by atoms with van der Waals surface area (Å²) in [5, 5.41) is 3.99. The molecular weight excluding hydrogens is 218 g/mol. The molecule has 0 amide bonds. The van der Waals surface area contributed by atoms with Crippen LogP contribution in [0.2, 0.25) is 0 Å². The normalized spacial score (nSPS) is 10.3. The molecule has 0 fully saturated rings. The van der Waals surface area contributed by atoms with Crippen LogP contribution in [0.5, 0.6) is 0 Å². The molecule has 0 aliphatic heterocycles. The van der Waals surface area contributed by atoms with Crippen molar-refractivity contribution in [1.82, 2.24) is 4.98 Å². The van der Waals surface area contributed by atoms with Crippen molar-refractivity contribution in [3.8, 4) is 0 Å². The highest BCUT2D eigenvalue weighted by Crippen LogP contribution is 2.12. The van der Waals surface area contributed by atoms with E-state index < -0.39 is 0 Å². The topological polar surface area (TPSA) is 30.0 Å². The number of ketones is 1. The first-order valence-electron chi connectivity index (χ1n) is 5.29. The molecule has 0 unspecified atom stereocenters. The van der Waals surface area contributed by atoms with Gasteiger partial charge in [-0.05, 0) is 40.4 Å². The lowest BCUT2D eigenvalue weighted by Crippen LogP contribution is -2.08. The summed E-state index contributed by atoms with van der Waals surface area (Å²) < 4.78 is 0. The van der Waals surface area contributed by atoms with E-state index in [0.29, 0.717) is 12.1 Å². The number of aryl methyl sites for hydroxylation is 1. The molecule has 0 saturated carbocycles. The Bertz CT molecular complexity index is 476. The van der Waals surface area contributed by atoms with Crippen molar-refractivity contribution in [1.29, 1.82) is 0 Å². The summed E-state index contributed by atoms with van der Waals surface area (Å²) in [6.07, 6.45) is 2.98. The number of carbonyl (C=O) groups is 1. The third-order valence-corrected chi connectivity index (χ3v) is 3.21. The van der Waals surface area contributed by atoms with Gasteiger partial charge in [0.15, 0.2) is 5.78 Å². The minimum absolute atomic E-state index is 0.107. The number of nitrogens with zero attached hydrogens (tertiary/aromatic N) is 1. The lowest BCUT2D eigenvalue weighted by atomic mass is 10.0. The summed E-state index contributed by atoms with van der Waals surface area (Å²) in [5.41, 5.74) is 2.72.